The van der Waals surface area contributed by atoms with Crippen LogP contribution in [0.4, 0.5) is 0 Å². The van der Waals surface area contributed by atoms with Gasteiger partial charge in [-0.2, -0.15) is 0 Å². The highest BCUT2D eigenvalue weighted by molar-refractivity contribution is 7.80. The molecule has 0 N–H and O–H groups in total. The summed E-state index contributed by atoms with van der Waals surface area (Å²) in [6.07, 6.45) is 0. The fraction of sp³-hybridized carbons (Fsp3) is 0.143. The number of halogens is 1. The second-order valence-corrected chi connectivity index (χ2v) is 5.58. The van der Waals surface area contributed by atoms with Crippen LogP contribution in [0.25, 0.3) is 0 Å². The Labute approximate surface area is 114 Å². The Morgan fingerprint density at radius 1 is 1.06 bits per heavy atom. The van der Waals surface area contributed by atoms with Gasteiger partial charge in [0.2, 0.25) is 11.1 Å². The molecule has 94 valence electrons. The van der Waals surface area contributed by atoms with Crippen molar-refractivity contribution in [1.82, 2.24) is 0 Å². The number of hydrogen-bond donors (Lipinski definition) is 0. The van der Waals surface area contributed by atoms with Gasteiger partial charge in [-0.15, -0.1) is 11.6 Å². The summed E-state index contributed by atoms with van der Waals surface area (Å²) in [5, 5.41) is -0.0429. The number of hydrogen-bond acceptors (Lipinski definition) is 2. The smallest absolute Gasteiger partial charge is 0.240 e. The summed E-state index contributed by atoms with van der Waals surface area (Å²) in [7, 11) is 0. The van der Waals surface area contributed by atoms with E-state index in [2.05, 4.69) is 0 Å². The van der Waals surface area contributed by atoms with Crippen molar-refractivity contribution in [2.45, 2.75) is 17.2 Å². The first-order valence-electron chi connectivity index (χ1n) is 5.56. The lowest BCUT2D eigenvalue weighted by Crippen LogP contribution is -2.00. The predicted molar refractivity (Wildman–Crippen MR) is 74.2 cm³/mol. The first-order valence-corrected chi connectivity index (χ1v) is 7.07. The molecular weight excluding hydrogens is 268 g/mol. The summed E-state index contributed by atoms with van der Waals surface area (Å²) in [5.74, 6) is 0.568. The average Bonchev–Trinajstić information content (AvgIpc) is 2.40. The summed E-state index contributed by atoms with van der Waals surface area (Å²) in [5.41, 5.74) is 1.01. The van der Waals surface area contributed by atoms with Crippen molar-refractivity contribution in [3.05, 3.63) is 60.2 Å². The lowest BCUT2D eigenvalue weighted by molar-refractivity contribution is 0.562. The fourth-order valence-electron chi connectivity index (χ4n) is 1.46. The molecule has 0 saturated heterocycles. The van der Waals surface area contributed by atoms with Gasteiger partial charge < -0.3 is 4.18 Å². The predicted octanol–water partition coefficient (Wildman–Crippen LogP) is 4.09. The van der Waals surface area contributed by atoms with Crippen LogP contribution in [0, 0.1) is 0 Å². The molecule has 0 aromatic heterocycles. The maximum atomic E-state index is 11.9. The van der Waals surface area contributed by atoms with E-state index in [1.165, 1.54) is 0 Å². The number of alkyl halides is 1. The van der Waals surface area contributed by atoms with Crippen molar-refractivity contribution in [1.29, 1.82) is 0 Å². The second-order valence-electron chi connectivity index (χ2n) is 3.82. The van der Waals surface area contributed by atoms with Gasteiger partial charge in [-0.1, -0.05) is 30.3 Å². The molecule has 0 bridgehead atoms. The van der Waals surface area contributed by atoms with Crippen LogP contribution in [0.5, 0.6) is 5.75 Å². The molecule has 2 aromatic carbocycles. The van der Waals surface area contributed by atoms with E-state index in [9.17, 15) is 4.21 Å². The Kier molecular flexibility index (Phi) is 4.39. The molecule has 0 aliphatic carbocycles. The van der Waals surface area contributed by atoms with Crippen LogP contribution >= 0.6 is 11.6 Å². The largest absolute Gasteiger partial charge is 0.397 e. The molecule has 0 heterocycles. The lowest BCUT2D eigenvalue weighted by Gasteiger charge is -2.07. The molecular formula is C14H13ClO2S. The van der Waals surface area contributed by atoms with Gasteiger partial charge in [0.05, 0.1) is 10.3 Å². The van der Waals surface area contributed by atoms with Gasteiger partial charge in [0, 0.05) is 0 Å². The molecule has 2 unspecified atom stereocenters. The van der Waals surface area contributed by atoms with Crippen LogP contribution in [0.1, 0.15) is 17.9 Å². The minimum Gasteiger partial charge on any atom is -0.397 e. The zero-order chi connectivity index (χ0) is 13.0. The van der Waals surface area contributed by atoms with E-state index >= 15 is 0 Å². The van der Waals surface area contributed by atoms with Gasteiger partial charge in [-0.05, 0) is 36.8 Å². The number of rotatable bonds is 4. The van der Waals surface area contributed by atoms with E-state index < -0.39 is 11.1 Å². The first-order chi connectivity index (χ1) is 8.66. The van der Waals surface area contributed by atoms with Crippen LogP contribution in [0.15, 0.2) is 59.5 Å². The highest BCUT2D eigenvalue weighted by atomic mass is 35.5. The molecule has 2 aromatic rings. The molecule has 2 rings (SSSR count). The Bertz CT molecular complexity index is 523. The monoisotopic (exact) mass is 280 g/mol. The second kappa shape index (κ2) is 6.03. The third-order valence-electron chi connectivity index (χ3n) is 2.45. The summed E-state index contributed by atoms with van der Waals surface area (Å²) in [4.78, 5) is 0.646. The molecule has 2 atom stereocenters. The highest BCUT2D eigenvalue weighted by Crippen LogP contribution is 2.23. The Morgan fingerprint density at radius 3 is 2.22 bits per heavy atom. The number of benzene rings is 2. The molecule has 4 heteroatoms. The van der Waals surface area contributed by atoms with Crippen molar-refractivity contribution in [2.75, 3.05) is 0 Å². The van der Waals surface area contributed by atoms with E-state index in [1.807, 2.05) is 37.3 Å². The zero-order valence-electron chi connectivity index (χ0n) is 9.88. The maximum absolute atomic E-state index is 11.9. The molecule has 2 nitrogen and oxygen atoms in total. The normalized spacial score (nSPS) is 13.9. The van der Waals surface area contributed by atoms with E-state index in [4.69, 9.17) is 15.8 Å². The van der Waals surface area contributed by atoms with Gasteiger partial charge in [0.25, 0.3) is 0 Å². The molecule has 0 radical (unpaired) electrons. The minimum atomic E-state index is -1.48. The Hall–Kier alpha value is -1.32. The van der Waals surface area contributed by atoms with Gasteiger partial charge >= 0.3 is 0 Å². The van der Waals surface area contributed by atoms with Gasteiger partial charge in [-0.25, -0.2) is 4.21 Å². The van der Waals surface area contributed by atoms with E-state index in [0.29, 0.717) is 10.6 Å². The summed E-state index contributed by atoms with van der Waals surface area (Å²) in [6.45, 7) is 1.90. The van der Waals surface area contributed by atoms with E-state index in [0.717, 1.165) is 5.56 Å². The molecule has 0 aliphatic heterocycles. The maximum Gasteiger partial charge on any atom is 0.240 e. The highest BCUT2D eigenvalue weighted by Gasteiger charge is 2.06. The molecule has 0 aliphatic rings. The average molecular weight is 281 g/mol. The fourth-order valence-corrected chi connectivity index (χ4v) is 2.36. The molecule has 0 spiro atoms. The SMILES string of the molecule is CC(Cl)c1ccc(OS(=O)c2ccccc2)cc1. The molecule has 18 heavy (non-hydrogen) atoms. The third kappa shape index (κ3) is 3.34. The van der Waals surface area contributed by atoms with Crippen molar-refractivity contribution in [2.24, 2.45) is 0 Å². The topological polar surface area (TPSA) is 26.3 Å². The minimum absolute atomic E-state index is 0.0429. The summed E-state index contributed by atoms with van der Waals surface area (Å²) in [6, 6.07) is 16.4. The van der Waals surface area contributed by atoms with Crippen molar-refractivity contribution in [3.63, 3.8) is 0 Å². The Morgan fingerprint density at radius 2 is 1.67 bits per heavy atom. The van der Waals surface area contributed by atoms with Crippen molar-refractivity contribution >= 4 is 22.7 Å². The quantitative estimate of drug-likeness (QED) is 0.789. The van der Waals surface area contributed by atoms with E-state index in [-0.39, 0.29) is 5.38 Å². The van der Waals surface area contributed by atoms with Crippen LogP contribution in [0.2, 0.25) is 0 Å². The standard InChI is InChI=1S/C14H13ClO2S/c1-11(15)12-7-9-13(10-8-12)17-18(16)14-5-3-2-4-6-14/h2-11H,1H3. The summed E-state index contributed by atoms with van der Waals surface area (Å²) >= 11 is 4.47. The molecule has 0 amide bonds. The zero-order valence-corrected chi connectivity index (χ0v) is 11.4. The van der Waals surface area contributed by atoms with Crippen molar-refractivity contribution < 1.29 is 8.39 Å². The first kappa shape index (κ1) is 13.1. The lowest BCUT2D eigenvalue weighted by atomic mass is 10.2. The van der Waals surface area contributed by atoms with Crippen LogP contribution in [-0.2, 0) is 11.1 Å². The van der Waals surface area contributed by atoms with Crippen LogP contribution in [0.3, 0.4) is 0 Å². The van der Waals surface area contributed by atoms with Crippen LogP contribution < -0.4 is 4.18 Å². The molecule has 0 saturated carbocycles. The third-order valence-corrected chi connectivity index (χ3v) is 3.70. The van der Waals surface area contributed by atoms with Gasteiger partial charge in [0.15, 0.2) is 0 Å². The van der Waals surface area contributed by atoms with Crippen LogP contribution in [-0.4, -0.2) is 4.21 Å². The van der Waals surface area contributed by atoms with Gasteiger partial charge in [0.1, 0.15) is 5.75 Å². The Balaban J connectivity index is 2.08. The van der Waals surface area contributed by atoms with Crippen molar-refractivity contribution in [3.8, 4) is 5.75 Å². The summed E-state index contributed by atoms with van der Waals surface area (Å²) < 4.78 is 17.3. The van der Waals surface area contributed by atoms with Gasteiger partial charge in [-0.3, -0.25) is 0 Å². The van der Waals surface area contributed by atoms with E-state index in [1.54, 1.807) is 24.3 Å². The molecule has 0 fully saturated rings.